The molecule has 0 bridgehead atoms. The number of fused-ring (bicyclic) bond motifs is 1. The lowest BCUT2D eigenvalue weighted by atomic mass is 10.3. The smallest absolute Gasteiger partial charge is 0.233 e. The van der Waals surface area contributed by atoms with E-state index in [1.165, 1.54) is 11.8 Å². The number of thioether (sulfide) groups is 1. The van der Waals surface area contributed by atoms with E-state index in [2.05, 4.69) is 4.98 Å². The zero-order chi connectivity index (χ0) is 16.4. The molecule has 2 aromatic rings. The van der Waals surface area contributed by atoms with Crippen molar-refractivity contribution in [2.75, 3.05) is 31.9 Å². The van der Waals surface area contributed by atoms with E-state index in [-0.39, 0.29) is 11.8 Å². The summed E-state index contributed by atoms with van der Waals surface area (Å²) in [7, 11) is 0. The fraction of sp³-hybridized carbons (Fsp3) is 0.400. The number of carbonyl (C=O) groups is 2. The van der Waals surface area contributed by atoms with Crippen LogP contribution in [0.2, 0.25) is 5.02 Å². The van der Waals surface area contributed by atoms with E-state index >= 15 is 0 Å². The van der Waals surface area contributed by atoms with Crippen LogP contribution in [-0.4, -0.2) is 58.5 Å². The number of nitrogens with zero attached hydrogens (tertiary/aromatic N) is 3. The van der Waals surface area contributed by atoms with E-state index in [4.69, 9.17) is 11.6 Å². The fourth-order valence-corrected chi connectivity index (χ4v) is 4.54. The molecule has 122 valence electrons. The van der Waals surface area contributed by atoms with Crippen molar-refractivity contribution in [3.05, 3.63) is 23.2 Å². The lowest BCUT2D eigenvalue weighted by molar-refractivity contribution is -0.136. The Bertz CT molecular complexity index is 741. The normalized spacial score (nSPS) is 15.2. The van der Waals surface area contributed by atoms with E-state index in [1.54, 1.807) is 23.2 Å². The van der Waals surface area contributed by atoms with E-state index < -0.39 is 0 Å². The van der Waals surface area contributed by atoms with E-state index in [1.807, 2.05) is 23.1 Å². The highest BCUT2D eigenvalue weighted by Gasteiger charge is 2.22. The molecule has 1 aliphatic rings. The largest absolute Gasteiger partial charge is 0.339 e. The summed E-state index contributed by atoms with van der Waals surface area (Å²) in [5.41, 5.74) is 0.868. The second-order valence-electron chi connectivity index (χ2n) is 5.27. The summed E-state index contributed by atoms with van der Waals surface area (Å²) in [6, 6.07) is 5.62. The quantitative estimate of drug-likeness (QED) is 0.780. The van der Waals surface area contributed by atoms with Crippen LogP contribution in [0.15, 0.2) is 22.5 Å². The van der Waals surface area contributed by atoms with Crippen molar-refractivity contribution < 1.29 is 9.59 Å². The molecule has 5 nitrogen and oxygen atoms in total. The van der Waals surface area contributed by atoms with Crippen molar-refractivity contribution in [2.45, 2.75) is 11.3 Å². The van der Waals surface area contributed by atoms with Gasteiger partial charge in [-0.2, -0.15) is 0 Å². The standard InChI is InChI=1S/C15H16ClN3O2S2/c1-10(20)18-4-6-19(7-5-18)14(21)9-22-15-17-12-8-11(16)2-3-13(12)23-15/h2-3,8H,4-7,9H2,1H3. The van der Waals surface area contributed by atoms with E-state index in [0.717, 1.165) is 14.6 Å². The monoisotopic (exact) mass is 369 g/mol. The minimum absolute atomic E-state index is 0.0691. The van der Waals surface area contributed by atoms with Gasteiger partial charge in [-0.3, -0.25) is 9.59 Å². The molecule has 1 saturated heterocycles. The number of carbonyl (C=O) groups excluding carboxylic acids is 2. The van der Waals surface area contributed by atoms with Gasteiger partial charge in [-0.1, -0.05) is 23.4 Å². The number of rotatable bonds is 3. The minimum atomic E-state index is 0.0691. The Morgan fingerprint density at radius 3 is 2.65 bits per heavy atom. The summed E-state index contributed by atoms with van der Waals surface area (Å²) in [6.45, 7) is 4.01. The molecule has 0 atom stereocenters. The summed E-state index contributed by atoms with van der Waals surface area (Å²) >= 11 is 8.98. The van der Waals surface area contributed by atoms with Gasteiger partial charge in [0.25, 0.3) is 0 Å². The molecule has 3 rings (SSSR count). The molecule has 0 unspecified atom stereocenters. The Balaban J connectivity index is 1.55. The van der Waals surface area contributed by atoms with Gasteiger partial charge in [0.2, 0.25) is 11.8 Å². The molecule has 0 radical (unpaired) electrons. The molecule has 0 N–H and O–H groups in total. The lowest BCUT2D eigenvalue weighted by Crippen LogP contribution is -2.50. The Kier molecular flexibility index (Phi) is 5.08. The highest BCUT2D eigenvalue weighted by atomic mass is 35.5. The third-order valence-corrected chi connectivity index (χ3v) is 6.13. The first-order valence-corrected chi connectivity index (χ1v) is 9.43. The van der Waals surface area contributed by atoms with Gasteiger partial charge >= 0.3 is 0 Å². The van der Waals surface area contributed by atoms with Gasteiger partial charge in [-0.15, -0.1) is 11.3 Å². The number of aromatic nitrogens is 1. The van der Waals surface area contributed by atoms with Crippen LogP contribution in [0, 0.1) is 0 Å². The van der Waals surface area contributed by atoms with E-state index in [0.29, 0.717) is 37.0 Å². The van der Waals surface area contributed by atoms with Crippen molar-refractivity contribution in [1.82, 2.24) is 14.8 Å². The molecule has 0 aliphatic carbocycles. The number of hydrogen-bond donors (Lipinski definition) is 0. The molecule has 1 aromatic carbocycles. The molecule has 8 heteroatoms. The molecule has 1 fully saturated rings. The maximum Gasteiger partial charge on any atom is 0.233 e. The SMILES string of the molecule is CC(=O)N1CCN(C(=O)CSc2nc3cc(Cl)ccc3s2)CC1. The molecule has 0 saturated carbocycles. The molecule has 0 spiro atoms. The van der Waals surface area contributed by atoms with Crippen molar-refractivity contribution in [3.8, 4) is 0 Å². The Morgan fingerprint density at radius 2 is 1.96 bits per heavy atom. The van der Waals surface area contributed by atoms with Gasteiger partial charge in [-0.05, 0) is 18.2 Å². The Labute approximate surface area is 147 Å². The fourth-order valence-electron chi connectivity index (χ4n) is 2.43. The molecule has 1 aromatic heterocycles. The molecule has 23 heavy (non-hydrogen) atoms. The number of piperazine rings is 1. The predicted octanol–water partition coefficient (Wildman–Crippen LogP) is 2.73. The molecule has 1 aliphatic heterocycles. The first kappa shape index (κ1) is 16.5. The highest BCUT2D eigenvalue weighted by Crippen LogP contribution is 2.31. The van der Waals surface area contributed by atoms with Crippen LogP contribution < -0.4 is 0 Å². The molecule has 2 heterocycles. The van der Waals surface area contributed by atoms with Crippen molar-refractivity contribution in [3.63, 3.8) is 0 Å². The number of halogens is 1. The van der Waals surface area contributed by atoms with Gasteiger partial charge < -0.3 is 9.80 Å². The summed E-state index contributed by atoms with van der Waals surface area (Å²) < 4.78 is 1.94. The molecular formula is C15H16ClN3O2S2. The number of thiazole rings is 1. The van der Waals surface area contributed by atoms with Crippen molar-refractivity contribution in [2.24, 2.45) is 0 Å². The molecular weight excluding hydrogens is 354 g/mol. The summed E-state index contributed by atoms with van der Waals surface area (Å²) in [5.74, 6) is 0.531. The minimum Gasteiger partial charge on any atom is -0.339 e. The third kappa shape index (κ3) is 3.97. The van der Waals surface area contributed by atoms with Gasteiger partial charge in [0.1, 0.15) is 0 Å². The van der Waals surface area contributed by atoms with Crippen LogP contribution in [0.25, 0.3) is 10.2 Å². The summed E-state index contributed by atoms with van der Waals surface area (Å²) in [4.78, 5) is 31.7. The number of amides is 2. The Morgan fingerprint density at radius 1 is 1.26 bits per heavy atom. The second kappa shape index (κ2) is 7.07. The van der Waals surface area contributed by atoms with Crippen LogP contribution in [0.3, 0.4) is 0 Å². The average molecular weight is 370 g/mol. The lowest BCUT2D eigenvalue weighted by Gasteiger charge is -2.34. The average Bonchev–Trinajstić information content (AvgIpc) is 2.94. The molecule has 2 amide bonds. The maximum atomic E-state index is 12.3. The van der Waals surface area contributed by atoms with Crippen LogP contribution in [0.5, 0.6) is 0 Å². The van der Waals surface area contributed by atoms with E-state index in [9.17, 15) is 9.59 Å². The van der Waals surface area contributed by atoms with Gasteiger partial charge in [0, 0.05) is 38.1 Å². The Hall–Kier alpha value is -1.31. The zero-order valence-corrected chi connectivity index (χ0v) is 15.0. The third-order valence-electron chi connectivity index (χ3n) is 3.73. The maximum absolute atomic E-state index is 12.3. The summed E-state index contributed by atoms with van der Waals surface area (Å²) in [6.07, 6.45) is 0. The van der Waals surface area contributed by atoms with Crippen molar-refractivity contribution >= 4 is 56.7 Å². The first-order valence-electron chi connectivity index (χ1n) is 7.25. The van der Waals surface area contributed by atoms with Gasteiger partial charge in [0.15, 0.2) is 4.34 Å². The van der Waals surface area contributed by atoms with Crippen LogP contribution >= 0.6 is 34.7 Å². The summed E-state index contributed by atoms with van der Waals surface area (Å²) in [5, 5.41) is 0.666. The van der Waals surface area contributed by atoms with Gasteiger partial charge in [-0.25, -0.2) is 4.98 Å². The first-order chi connectivity index (χ1) is 11.0. The van der Waals surface area contributed by atoms with Crippen LogP contribution in [-0.2, 0) is 9.59 Å². The highest BCUT2D eigenvalue weighted by molar-refractivity contribution is 8.01. The van der Waals surface area contributed by atoms with Crippen LogP contribution in [0.1, 0.15) is 6.92 Å². The van der Waals surface area contributed by atoms with Gasteiger partial charge in [0.05, 0.1) is 16.0 Å². The van der Waals surface area contributed by atoms with Crippen LogP contribution in [0.4, 0.5) is 0 Å². The predicted molar refractivity (Wildman–Crippen MR) is 94.2 cm³/mol. The van der Waals surface area contributed by atoms with Crippen molar-refractivity contribution in [1.29, 1.82) is 0 Å². The number of hydrogen-bond acceptors (Lipinski definition) is 5. The second-order valence-corrected chi connectivity index (χ2v) is 7.96. The topological polar surface area (TPSA) is 53.5 Å². The zero-order valence-electron chi connectivity index (χ0n) is 12.6. The number of benzene rings is 1.